The Labute approximate surface area is 196 Å². The summed E-state index contributed by atoms with van der Waals surface area (Å²) >= 11 is 0. The van der Waals surface area contributed by atoms with E-state index in [1.54, 1.807) is 4.90 Å². The third-order valence-electron chi connectivity index (χ3n) is 5.92. The lowest BCUT2D eigenvalue weighted by atomic mass is 10.2. The number of aryl methyl sites for hydroxylation is 1. The van der Waals surface area contributed by atoms with Gasteiger partial charge in [-0.1, -0.05) is 44.2 Å². The molecule has 1 aromatic heterocycles. The van der Waals surface area contributed by atoms with Crippen LogP contribution in [-0.4, -0.2) is 70.9 Å². The molecule has 0 radical (unpaired) electrons. The summed E-state index contributed by atoms with van der Waals surface area (Å²) in [6.45, 7) is 12.7. The Bertz CT molecular complexity index is 926. The molecule has 180 valence electrons. The van der Waals surface area contributed by atoms with Crippen molar-refractivity contribution >= 4 is 12.0 Å². The Balaban J connectivity index is 1.47. The van der Waals surface area contributed by atoms with E-state index in [1.165, 1.54) is 5.56 Å². The first-order valence-corrected chi connectivity index (χ1v) is 11.8. The first kappa shape index (κ1) is 24.8. The summed E-state index contributed by atoms with van der Waals surface area (Å²) in [4.78, 5) is 28.7. The van der Waals surface area contributed by atoms with Crippen LogP contribution in [0, 0.1) is 19.8 Å². The van der Waals surface area contributed by atoms with Crippen LogP contribution < -0.4 is 5.32 Å². The molecule has 2 aromatic rings. The molecule has 1 N–H and O–H groups in total. The summed E-state index contributed by atoms with van der Waals surface area (Å²) in [5, 5.41) is 7.72. The van der Waals surface area contributed by atoms with Gasteiger partial charge in [-0.25, -0.2) is 4.79 Å². The Morgan fingerprint density at radius 1 is 1.09 bits per heavy atom. The third kappa shape index (κ3) is 7.32. The van der Waals surface area contributed by atoms with E-state index in [9.17, 15) is 9.59 Å². The van der Waals surface area contributed by atoms with E-state index in [2.05, 4.69) is 27.4 Å². The van der Waals surface area contributed by atoms with Gasteiger partial charge in [-0.15, -0.1) is 0 Å². The number of amides is 2. The van der Waals surface area contributed by atoms with Crippen molar-refractivity contribution in [2.75, 3.05) is 39.3 Å². The minimum atomic E-state index is -0.256. The number of hydrogen-bond acceptors (Lipinski definition) is 5. The van der Waals surface area contributed by atoms with Crippen LogP contribution in [0.5, 0.6) is 0 Å². The van der Waals surface area contributed by atoms with E-state index < -0.39 is 0 Å². The van der Waals surface area contributed by atoms with Gasteiger partial charge in [-0.3, -0.25) is 14.4 Å². The van der Waals surface area contributed by atoms with Gasteiger partial charge < -0.3 is 15.0 Å². The van der Waals surface area contributed by atoms with Crippen molar-refractivity contribution in [3.8, 4) is 0 Å². The normalized spacial score (nSPS) is 14.9. The number of carbonyl (C=O) groups excluding carboxylic acids is 2. The summed E-state index contributed by atoms with van der Waals surface area (Å²) < 4.78 is 7.34. The topological polar surface area (TPSA) is 79.7 Å². The number of aromatic nitrogens is 2. The molecular weight excluding hydrogens is 418 g/mol. The number of nitrogens with one attached hydrogen (secondary N) is 1. The number of nitrogens with zero attached hydrogens (tertiary/aromatic N) is 4. The molecule has 0 atom stereocenters. The van der Waals surface area contributed by atoms with Gasteiger partial charge in [0.1, 0.15) is 0 Å². The number of carbonyl (C=O) groups is 2. The van der Waals surface area contributed by atoms with Gasteiger partial charge in [0.15, 0.2) is 0 Å². The molecule has 0 bridgehead atoms. The molecule has 0 aliphatic carbocycles. The van der Waals surface area contributed by atoms with E-state index in [4.69, 9.17) is 4.74 Å². The van der Waals surface area contributed by atoms with Crippen molar-refractivity contribution in [1.82, 2.24) is 24.9 Å². The van der Waals surface area contributed by atoms with Crippen LogP contribution in [0.2, 0.25) is 0 Å². The van der Waals surface area contributed by atoms with E-state index in [0.717, 1.165) is 29.9 Å². The highest BCUT2D eigenvalue weighted by molar-refractivity contribution is 5.78. The minimum Gasteiger partial charge on any atom is -0.449 e. The Hall–Kier alpha value is -2.87. The predicted molar refractivity (Wildman–Crippen MR) is 128 cm³/mol. The van der Waals surface area contributed by atoms with Crippen LogP contribution in [0.25, 0.3) is 0 Å². The second-order valence-electron chi connectivity index (χ2n) is 9.16. The second-order valence-corrected chi connectivity index (χ2v) is 9.16. The van der Waals surface area contributed by atoms with E-state index in [1.807, 2.05) is 50.6 Å². The maximum absolute atomic E-state index is 12.6. The van der Waals surface area contributed by atoms with E-state index in [-0.39, 0.29) is 12.0 Å². The van der Waals surface area contributed by atoms with Crippen molar-refractivity contribution in [1.29, 1.82) is 0 Å². The van der Waals surface area contributed by atoms with Gasteiger partial charge in [0, 0.05) is 44.0 Å². The summed E-state index contributed by atoms with van der Waals surface area (Å²) in [7, 11) is 0. The van der Waals surface area contributed by atoms with E-state index in [0.29, 0.717) is 51.8 Å². The van der Waals surface area contributed by atoms with Gasteiger partial charge in [0.05, 0.1) is 25.4 Å². The lowest BCUT2D eigenvalue weighted by Crippen LogP contribution is -2.40. The maximum atomic E-state index is 12.6. The van der Waals surface area contributed by atoms with Crippen molar-refractivity contribution in [3.63, 3.8) is 0 Å². The highest BCUT2D eigenvalue weighted by Crippen LogP contribution is 2.15. The van der Waals surface area contributed by atoms with Crippen LogP contribution in [-0.2, 0) is 22.6 Å². The molecule has 1 aromatic carbocycles. The maximum Gasteiger partial charge on any atom is 0.409 e. The summed E-state index contributed by atoms with van der Waals surface area (Å²) in [6.07, 6.45) is 0.572. The Morgan fingerprint density at radius 2 is 1.85 bits per heavy atom. The number of rotatable bonds is 8. The third-order valence-corrected chi connectivity index (χ3v) is 5.92. The highest BCUT2D eigenvalue weighted by Gasteiger charge is 2.22. The van der Waals surface area contributed by atoms with Crippen molar-refractivity contribution in [3.05, 3.63) is 52.8 Å². The van der Waals surface area contributed by atoms with Gasteiger partial charge in [-0.05, 0) is 31.7 Å². The standard InChI is InChI=1S/C25H37N5O3/c1-19(2)18-33-25(32)29-12-8-11-28(13-14-29)17-24(31)26-15-23-20(3)27-30(21(23)4)16-22-9-6-5-7-10-22/h5-7,9-10,19H,8,11-18H2,1-4H3,(H,26,31). The lowest BCUT2D eigenvalue weighted by Gasteiger charge is -2.21. The van der Waals surface area contributed by atoms with Crippen LogP contribution in [0.4, 0.5) is 4.79 Å². The number of ether oxygens (including phenoxy) is 1. The zero-order valence-corrected chi connectivity index (χ0v) is 20.3. The average molecular weight is 456 g/mol. The number of benzene rings is 1. The molecule has 0 unspecified atom stereocenters. The molecule has 1 saturated heterocycles. The smallest absolute Gasteiger partial charge is 0.409 e. The van der Waals surface area contributed by atoms with Crippen molar-refractivity contribution < 1.29 is 14.3 Å². The molecule has 33 heavy (non-hydrogen) atoms. The first-order valence-electron chi connectivity index (χ1n) is 11.8. The molecule has 1 aliphatic heterocycles. The van der Waals surface area contributed by atoms with Crippen LogP contribution in [0.3, 0.4) is 0 Å². The molecule has 1 fully saturated rings. The summed E-state index contributed by atoms with van der Waals surface area (Å²) in [5.41, 5.74) is 4.27. The van der Waals surface area contributed by atoms with Gasteiger partial charge in [-0.2, -0.15) is 5.10 Å². The Morgan fingerprint density at radius 3 is 2.58 bits per heavy atom. The molecule has 1 aliphatic rings. The lowest BCUT2D eigenvalue weighted by molar-refractivity contribution is -0.122. The SMILES string of the molecule is Cc1nn(Cc2ccccc2)c(C)c1CNC(=O)CN1CCCN(C(=O)OCC(C)C)CC1. The molecule has 2 heterocycles. The van der Waals surface area contributed by atoms with Gasteiger partial charge in [0.25, 0.3) is 0 Å². The summed E-state index contributed by atoms with van der Waals surface area (Å²) in [6, 6.07) is 10.2. The van der Waals surface area contributed by atoms with Crippen LogP contribution >= 0.6 is 0 Å². The largest absolute Gasteiger partial charge is 0.449 e. The first-order chi connectivity index (χ1) is 15.8. The second kappa shape index (κ2) is 11.8. The van der Waals surface area contributed by atoms with Crippen LogP contribution in [0.15, 0.2) is 30.3 Å². The molecule has 2 amide bonds. The van der Waals surface area contributed by atoms with Crippen LogP contribution in [0.1, 0.15) is 42.8 Å². The zero-order valence-electron chi connectivity index (χ0n) is 20.3. The fourth-order valence-electron chi connectivity index (χ4n) is 3.99. The zero-order chi connectivity index (χ0) is 23.8. The molecule has 0 spiro atoms. The summed E-state index contributed by atoms with van der Waals surface area (Å²) in [5.74, 6) is 0.305. The minimum absolute atomic E-state index is 0.0135. The average Bonchev–Trinajstić information content (AvgIpc) is 2.94. The highest BCUT2D eigenvalue weighted by atomic mass is 16.6. The predicted octanol–water partition coefficient (Wildman–Crippen LogP) is 2.96. The molecule has 8 heteroatoms. The fraction of sp³-hybridized carbons (Fsp3) is 0.560. The number of hydrogen-bond donors (Lipinski definition) is 1. The van der Waals surface area contributed by atoms with Gasteiger partial charge >= 0.3 is 6.09 Å². The monoisotopic (exact) mass is 455 g/mol. The molecular formula is C25H37N5O3. The quantitative estimate of drug-likeness (QED) is 0.662. The molecule has 3 rings (SSSR count). The molecule has 0 saturated carbocycles. The van der Waals surface area contributed by atoms with E-state index >= 15 is 0 Å². The van der Waals surface area contributed by atoms with Crippen molar-refractivity contribution in [2.45, 2.75) is 47.2 Å². The fourth-order valence-corrected chi connectivity index (χ4v) is 3.99. The van der Waals surface area contributed by atoms with Gasteiger partial charge in [0.2, 0.25) is 5.91 Å². The molecule has 8 nitrogen and oxygen atoms in total. The Kier molecular flexibility index (Phi) is 8.88. The van der Waals surface area contributed by atoms with Crippen molar-refractivity contribution in [2.24, 2.45) is 5.92 Å².